The largest absolute Gasteiger partial charge is 0.476 e. The molecule has 5 heteroatoms. The molecular weight excluding hydrogens is 266 g/mol. The topological polar surface area (TPSA) is 56.3 Å². The second-order valence-corrected chi connectivity index (χ2v) is 6.22. The molecule has 0 aromatic carbocycles. The molecule has 1 heterocycles. The lowest BCUT2D eigenvalue weighted by molar-refractivity contribution is 0.108. The van der Waals surface area contributed by atoms with Crippen LogP contribution in [0.2, 0.25) is 0 Å². The molecular formula is C16H25N3O2. The molecule has 1 N–H and O–H groups in total. The monoisotopic (exact) mass is 291 g/mol. The highest BCUT2D eigenvalue weighted by atomic mass is 16.5. The predicted octanol–water partition coefficient (Wildman–Crippen LogP) is 3.03. The quantitative estimate of drug-likeness (QED) is 0.873. The minimum absolute atomic E-state index is 0.372. The Labute approximate surface area is 126 Å². The maximum Gasteiger partial charge on any atom is 0.234 e. The molecule has 0 spiro atoms. The van der Waals surface area contributed by atoms with Crippen molar-refractivity contribution in [3.05, 3.63) is 12.4 Å². The van der Waals surface area contributed by atoms with Crippen LogP contribution in [0, 0.1) is 5.92 Å². The maximum atomic E-state index is 5.80. The molecule has 2 fully saturated rings. The molecule has 0 bridgehead atoms. The fraction of sp³-hybridized carbons (Fsp3) is 0.750. The van der Waals surface area contributed by atoms with Gasteiger partial charge in [-0.15, -0.1) is 0 Å². The van der Waals surface area contributed by atoms with E-state index < -0.39 is 0 Å². The van der Waals surface area contributed by atoms with Crippen LogP contribution in [0.15, 0.2) is 12.4 Å². The molecule has 2 atom stereocenters. The van der Waals surface area contributed by atoms with Gasteiger partial charge in [0.15, 0.2) is 0 Å². The highest BCUT2D eigenvalue weighted by Crippen LogP contribution is 2.26. The first-order valence-electron chi connectivity index (χ1n) is 8.07. The van der Waals surface area contributed by atoms with Crippen LogP contribution in [0.4, 0.5) is 5.82 Å². The van der Waals surface area contributed by atoms with Crippen molar-refractivity contribution in [1.29, 1.82) is 0 Å². The number of ether oxygens (including phenoxy) is 2. The van der Waals surface area contributed by atoms with E-state index in [1.807, 2.05) is 0 Å². The molecule has 3 rings (SSSR count). The molecule has 1 aromatic rings. The first-order chi connectivity index (χ1) is 10.3. The van der Waals surface area contributed by atoms with Gasteiger partial charge in [-0.05, 0) is 38.0 Å². The molecule has 5 nitrogen and oxygen atoms in total. The third-order valence-corrected chi connectivity index (χ3v) is 4.62. The molecule has 2 saturated carbocycles. The van der Waals surface area contributed by atoms with Crippen LogP contribution in [0.1, 0.15) is 44.9 Å². The highest BCUT2D eigenvalue weighted by molar-refractivity contribution is 5.34. The summed E-state index contributed by atoms with van der Waals surface area (Å²) in [4.78, 5) is 8.74. The van der Waals surface area contributed by atoms with Gasteiger partial charge in [-0.25, -0.2) is 0 Å². The Morgan fingerprint density at radius 3 is 2.81 bits per heavy atom. The maximum absolute atomic E-state index is 5.80. The Kier molecular flexibility index (Phi) is 4.91. The fourth-order valence-corrected chi connectivity index (χ4v) is 3.36. The number of nitrogens with one attached hydrogen (secondary N) is 1. The number of hydrogen-bond acceptors (Lipinski definition) is 5. The van der Waals surface area contributed by atoms with Crippen LogP contribution in [-0.2, 0) is 4.74 Å². The molecule has 2 unspecified atom stereocenters. The Hall–Kier alpha value is -1.36. The van der Waals surface area contributed by atoms with E-state index in [1.165, 1.54) is 25.7 Å². The summed E-state index contributed by atoms with van der Waals surface area (Å²) in [5.74, 6) is 2.13. The van der Waals surface area contributed by atoms with Crippen molar-refractivity contribution in [2.75, 3.05) is 19.0 Å². The van der Waals surface area contributed by atoms with E-state index in [2.05, 4.69) is 15.3 Å². The molecule has 21 heavy (non-hydrogen) atoms. The third-order valence-electron chi connectivity index (χ3n) is 4.62. The number of rotatable bonds is 6. The summed E-state index contributed by atoms with van der Waals surface area (Å²) in [6, 6.07) is 0.425. The molecule has 0 aliphatic heterocycles. The van der Waals surface area contributed by atoms with Gasteiger partial charge < -0.3 is 14.8 Å². The van der Waals surface area contributed by atoms with Crippen molar-refractivity contribution in [3.8, 4) is 5.88 Å². The number of hydrogen-bond donors (Lipinski definition) is 1. The van der Waals surface area contributed by atoms with Crippen molar-refractivity contribution in [1.82, 2.24) is 9.97 Å². The van der Waals surface area contributed by atoms with Gasteiger partial charge in [0.05, 0.1) is 25.1 Å². The molecule has 2 aliphatic carbocycles. The molecule has 2 aliphatic rings. The van der Waals surface area contributed by atoms with Gasteiger partial charge in [0.2, 0.25) is 5.88 Å². The molecule has 1 aromatic heterocycles. The molecule has 116 valence electrons. The number of methoxy groups -OCH3 is 1. The number of anilines is 1. The lowest BCUT2D eigenvalue weighted by Gasteiger charge is -2.15. The van der Waals surface area contributed by atoms with Crippen LogP contribution < -0.4 is 10.1 Å². The smallest absolute Gasteiger partial charge is 0.234 e. The van der Waals surface area contributed by atoms with E-state index >= 15 is 0 Å². The van der Waals surface area contributed by atoms with Crippen LogP contribution in [0.25, 0.3) is 0 Å². The van der Waals surface area contributed by atoms with E-state index in [4.69, 9.17) is 9.47 Å². The van der Waals surface area contributed by atoms with Gasteiger partial charge in [0.25, 0.3) is 0 Å². The minimum Gasteiger partial charge on any atom is -0.476 e. The molecule has 0 radical (unpaired) electrons. The Balaban J connectivity index is 1.50. The van der Waals surface area contributed by atoms with E-state index in [0.29, 0.717) is 23.9 Å². The van der Waals surface area contributed by atoms with Gasteiger partial charge in [-0.1, -0.05) is 12.8 Å². The number of nitrogens with zero attached hydrogens (tertiary/aromatic N) is 2. The molecule has 0 saturated heterocycles. The third kappa shape index (κ3) is 4.06. The summed E-state index contributed by atoms with van der Waals surface area (Å²) in [5.41, 5.74) is 0. The zero-order chi connectivity index (χ0) is 14.5. The Bertz CT molecular complexity index is 449. The second-order valence-electron chi connectivity index (χ2n) is 6.22. The summed E-state index contributed by atoms with van der Waals surface area (Å²) >= 11 is 0. The lowest BCUT2D eigenvalue weighted by Crippen LogP contribution is -2.18. The van der Waals surface area contributed by atoms with Crippen molar-refractivity contribution < 1.29 is 9.47 Å². The van der Waals surface area contributed by atoms with Crippen molar-refractivity contribution in [2.24, 2.45) is 5.92 Å². The zero-order valence-electron chi connectivity index (χ0n) is 12.8. The van der Waals surface area contributed by atoms with Crippen LogP contribution >= 0.6 is 0 Å². The van der Waals surface area contributed by atoms with Crippen molar-refractivity contribution in [2.45, 2.75) is 57.1 Å². The average molecular weight is 291 g/mol. The van der Waals surface area contributed by atoms with Gasteiger partial charge in [0.1, 0.15) is 5.82 Å². The standard InChI is InChI=1S/C16H25N3O2/c1-20-14-7-6-13(8-14)18-15-9-17-10-16(19-15)21-11-12-4-2-3-5-12/h9-10,12-14H,2-8,11H2,1H3,(H,18,19). The van der Waals surface area contributed by atoms with Gasteiger partial charge in [-0.2, -0.15) is 4.98 Å². The van der Waals surface area contributed by atoms with E-state index in [0.717, 1.165) is 31.7 Å². The highest BCUT2D eigenvalue weighted by Gasteiger charge is 2.24. The van der Waals surface area contributed by atoms with E-state index in [9.17, 15) is 0 Å². The fourth-order valence-electron chi connectivity index (χ4n) is 3.36. The van der Waals surface area contributed by atoms with Gasteiger partial charge in [-0.3, -0.25) is 4.98 Å². The average Bonchev–Trinajstić information content (AvgIpc) is 3.17. The Morgan fingerprint density at radius 2 is 2.05 bits per heavy atom. The molecule has 0 amide bonds. The summed E-state index contributed by atoms with van der Waals surface area (Å²) < 4.78 is 11.2. The summed E-state index contributed by atoms with van der Waals surface area (Å²) in [5, 5.41) is 3.44. The van der Waals surface area contributed by atoms with E-state index in [1.54, 1.807) is 19.5 Å². The normalized spacial score (nSPS) is 26.1. The number of aromatic nitrogens is 2. The van der Waals surface area contributed by atoms with Crippen molar-refractivity contribution in [3.63, 3.8) is 0 Å². The minimum atomic E-state index is 0.372. The summed E-state index contributed by atoms with van der Waals surface area (Å²) in [6.07, 6.45) is 12.3. The first-order valence-corrected chi connectivity index (χ1v) is 8.07. The second kappa shape index (κ2) is 7.07. The SMILES string of the molecule is COC1CCC(Nc2cncc(OCC3CCCC3)n2)C1. The van der Waals surface area contributed by atoms with Crippen LogP contribution in [0.5, 0.6) is 5.88 Å². The van der Waals surface area contributed by atoms with Gasteiger partial charge in [0, 0.05) is 13.2 Å². The predicted molar refractivity (Wildman–Crippen MR) is 81.5 cm³/mol. The lowest BCUT2D eigenvalue weighted by atomic mass is 10.1. The zero-order valence-corrected chi connectivity index (χ0v) is 12.8. The first kappa shape index (κ1) is 14.6. The van der Waals surface area contributed by atoms with Crippen LogP contribution in [-0.4, -0.2) is 35.8 Å². The van der Waals surface area contributed by atoms with Crippen LogP contribution in [0.3, 0.4) is 0 Å². The summed E-state index contributed by atoms with van der Waals surface area (Å²) in [6.45, 7) is 0.771. The van der Waals surface area contributed by atoms with Gasteiger partial charge >= 0.3 is 0 Å². The van der Waals surface area contributed by atoms with E-state index in [-0.39, 0.29) is 0 Å². The van der Waals surface area contributed by atoms with Crippen molar-refractivity contribution >= 4 is 5.82 Å². The summed E-state index contributed by atoms with van der Waals surface area (Å²) in [7, 11) is 1.78. The Morgan fingerprint density at radius 1 is 1.19 bits per heavy atom.